The molecule has 2 heteroatoms. The zero-order chi connectivity index (χ0) is 14.7. The summed E-state index contributed by atoms with van der Waals surface area (Å²) < 4.78 is 0. The fourth-order valence-corrected chi connectivity index (χ4v) is 3.42. The van der Waals surface area contributed by atoms with Crippen LogP contribution in [0.3, 0.4) is 0 Å². The van der Waals surface area contributed by atoms with Gasteiger partial charge in [-0.15, -0.1) is 0 Å². The smallest absolute Gasteiger partial charge is 0.115 e. The van der Waals surface area contributed by atoms with Crippen LogP contribution in [-0.2, 0) is 6.42 Å². The molecule has 0 amide bonds. The summed E-state index contributed by atoms with van der Waals surface area (Å²) in [6.07, 6.45) is 3.59. The number of nitrogens with zero attached hydrogens (tertiary/aromatic N) is 1. The number of rotatable bonds is 5. The van der Waals surface area contributed by atoms with Crippen molar-refractivity contribution in [3.05, 3.63) is 29.3 Å². The van der Waals surface area contributed by atoms with Gasteiger partial charge < -0.3 is 5.11 Å². The van der Waals surface area contributed by atoms with E-state index in [4.69, 9.17) is 0 Å². The molecule has 0 radical (unpaired) electrons. The van der Waals surface area contributed by atoms with E-state index in [-0.39, 0.29) is 0 Å². The molecule has 0 aromatic heterocycles. The van der Waals surface area contributed by atoms with E-state index >= 15 is 0 Å². The van der Waals surface area contributed by atoms with Crippen LogP contribution < -0.4 is 0 Å². The highest BCUT2D eigenvalue weighted by molar-refractivity contribution is 5.38. The number of aromatic hydroxyl groups is 1. The van der Waals surface area contributed by atoms with Crippen LogP contribution in [0, 0.1) is 11.8 Å². The van der Waals surface area contributed by atoms with E-state index in [1.54, 1.807) is 0 Å². The van der Waals surface area contributed by atoms with Gasteiger partial charge in [0.1, 0.15) is 5.75 Å². The zero-order valence-corrected chi connectivity index (χ0v) is 13.4. The van der Waals surface area contributed by atoms with E-state index < -0.39 is 0 Å². The molecule has 0 bridgehead atoms. The summed E-state index contributed by atoms with van der Waals surface area (Å²) in [5.41, 5.74) is 2.79. The molecule has 0 spiro atoms. The second-order valence-electron chi connectivity index (χ2n) is 7.03. The number of aryl methyl sites for hydroxylation is 1. The lowest BCUT2D eigenvalue weighted by Gasteiger charge is -2.38. The number of phenols is 1. The first kappa shape index (κ1) is 15.4. The average molecular weight is 275 g/mol. The van der Waals surface area contributed by atoms with Gasteiger partial charge in [0.15, 0.2) is 0 Å². The first-order valence-electron chi connectivity index (χ1n) is 8.03. The van der Waals surface area contributed by atoms with Gasteiger partial charge in [-0.25, -0.2) is 0 Å². The molecule has 1 atom stereocenters. The standard InChI is InChI=1S/C18H29NO/c1-13(2)11-19(12-14(3)4)18-7-5-6-15-10-16(20)8-9-17(15)18/h8-10,13-14,18,20H,5-7,11-12H2,1-4H3. The fraction of sp³-hybridized carbons (Fsp3) is 0.667. The third-order valence-corrected chi connectivity index (χ3v) is 4.05. The van der Waals surface area contributed by atoms with E-state index in [9.17, 15) is 5.11 Å². The summed E-state index contributed by atoms with van der Waals surface area (Å²) >= 11 is 0. The SMILES string of the molecule is CC(C)CN(CC(C)C)C1CCCc2cc(O)ccc21. The molecule has 1 aliphatic carbocycles. The lowest BCUT2D eigenvalue weighted by Crippen LogP contribution is -2.36. The Morgan fingerprint density at radius 3 is 2.40 bits per heavy atom. The van der Waals surface area contributed by atoms with Crippen molar-refractivity contribution in [3.8, 4) is 5.75 Å². The van der Waals surface area contributed by atoms with Gasteiger partial charge in [0.25, 0.3) is 0 Å². The van der Waals surface area contributed by atoms with Gasteiger partial charge >= 0.3 is 0 Å². The molecule has 0 aliphatic heterocycles. The largest absolute Gasteiger partial charge is 0.508 e. The lowest BCUT2D eigenvalue weighted by molar-refractivity contribution is 0.142. The minimum absolute atomic E-state index is 0.406. The van der Waals surface area contributed by atoms with Crippen LogP contribution in [0.15, 0.2) is 18.2 Å². The Labute approximate surface area is 123 Å². The maximum Gasteiger partial charge on any atom is 0.115 e. The second-order valence-corrected chi connectivity index (χ2v) is 7.03. The minimum Gasteiger partial charge on any atom is -0.508 e. The predicted octanol–water partition coefficient (Wildman–Crippen LogP) is 4.38. The Bertz CT molecular complexity index is 429. The van der Waals surface area contributed by atoms with Crippen molar-refractivity contribution in [1.82, 2.24) is 4.90 Å². The quantitative estimate of drug-likeness (QED) is 0.862. The Balaban J connectivity index is 2.26. The Hall–Kier alpha value is -1.02. The van der Waals surface area contributed by atoms with Crippen LogP contribution in [-0.4, -0.2) is 23.1 Å². The van der Waals surface area contributed by atoms with Gasteiger partial charge in [0.05, 0.1) is 0 Å². The highest BCUT2D eigenvalue weighted by Gasteiger charge is 2.26. The van der Waals surface area contributed by atoms with Crippen LogP contribution in [0.1, 0.15) is 57.7 Å². The van der Waals surface area contributed by atoms with E-state index in [0.717, 1.165) is 19.5 Å². The first-order chi connectivity index (χ1) is 9.47. The zero-order valence-electron chi connectivity index (χ0n) is 13.4. The second kappa shape index (κ2) is 6.62. The van der Waals surface area contributed by atoms with Crippen molar-refractivity contribution in [2.75, 3.05) is 13.1 Å². The molecule has 1 unspecified atom stereocenters. The lowest BCUT2D eigenvalue weighted by atomic mass is 9.86. The van der Waals surface area contributed by atoms with E-state index in [2.05, 4.69) is 38.7 Å². The van der Waals surface area contributed by atoms with E-state index in [0.29, 0.717) is 23.6 Å². The maximum atomic E-state index is 9.69. The Morgan fingerprint density at radius 1 is 1.15 bits per heavy atom. The molecule has 0 saturated carbocycles. The number of hydrogen-bond acceptors (Lipinski definition) is 2. The van der Waals surface area contributed by atoms with Crippen LogP contribution in [0.2, 0.25) is 0 Å². The summed E-state index contributed by atoms with van der Waals surface area (Å²) in [6, 6.07) is 6.48. The predicted molar refractivity (Wildman–Crippen MR) is 85.0 cm³/mol. The molecule has 1 aromatic rings. The topological polar surface area (TPSA) is 23.5 Å². The van der Waals surface area contributed by atoms with Crippen LogP contribution in [0.5, 0.6) is 5.75 Å². The number of hydrogen-bond donors (Lipinski definition) is 1. The van der Waals surface area contributed by atoms with Gasteiger partial charge in [-0.05, 0) is 54.4 Å². The van der Waals surface area contributed by atoms with Crippen molar-refractivity contribution < 1.29 is 5.11 Å². The monoisotopic (exact) mass is 275 g/mol. The summed E-state index contributed by atoms with van der Waals surface area (Å²) in [5, 5.41) is 9.69. The van der Waals surface area contributed by atoms with Gasteiger partial charge in [-0.2, -0.15) is 0 Å². The molecule has 1 aromatic carbocycles. The molecule has 1 N–H and O–H groups in total. The first-order valence-corrected chi connectivity index (χ1v) is 8.03. The third kappa shape index (κ3) is 3.76. The summed E-state index contributed by atoms with van der Waals surface area (Å²) in [4.78, 5) is 2.66. The normalized spacial score (nSPS) is 18.9. The van der Waals surface area contributed by atoms with Crippen LogP contribution in [0.4, 0.5) is 0 Å². The third-order valence-electron chi connectivity index (χ3n) is 4.05. The Morgan fingerprint density at radius 2 is 1.80 bits per heavy atom. The minimum atomic E-state index is 0.406. The molecule has 20 heavy (non-hydrogen) atoms. The van der Waals surface area contributed by atoms with Crippen molar-refractivity contribution >= 4 is 0 Å². The average Bonchev–Trinajstić information content (AvgIpc) is 2.35. The van der Waals surface area contributed by atoms with Crippen molar-refractivity contribution in [1.29, 1.82) is 0 Å². The summed E-state index contributed by atoms with van der Waals surface area (Å²) in [5.74, 6) is 1.79. The van der Waals surface area contributed by atoms with Gasteiger partial charge in [0, 0.05) is 19.1 Å². The molecule has 2 nitrogen and oxygen atoms in total. The summed E-state index contributed by atoms with van der Waals surface area (Å²) in [7, 11) is 0. The Kier molecular flexibility index (Phi) is 5.09. The van der Waals surface area contributed by atoms with Gasteiger partial charge in [-0.1, -0.05) is 33.8 Å². The van der Waals surface area contributed by atoms with Crippen LogP contribution in [0.25, 0.3) is 0 Å². The molecule has 0 saturated heterocycles. The molecule has 2 rings (SSSR count). The highest BCUT2D eigenvalue weighted by atomic mass is 16.3. The van der Waals surface area contributed by atoms with Crippen LogP contribution >= 0.6 is 0 Å². The highest BCUT2D eigenvalue weighted by Crippen LogP contribution is 2.36. The van der Waals surface area contributed by atoms with Crippen molar-refractivity contribution in [2.24, 2.45) is 11.8 Å². The summed E-state index contributed by atoms with van der Waals surface area (Å²) in [6.45, 7) is 11.5. The van der Waals surface area contributed by atoms with E-state index in [1.807, 2.05) is 12.1 Å². The molecular formula is C18H29NO. The molecule has 0 fully saturated rings. The molecule has 0 heterocycles. The molecule has 1 aliphatic rings. The molecule has 112 valence electrons. The van der Waals surface area contributed by atoms with Gasteiger partial charge in [-0.3, -0.25) is 4.90 Å². The van der Waals surface area contributed by atoms with E-state index in [1.165, 1.54) is 24.0 Å². The van der Waals surface area contributed by atoms with Crippen molar-refractivity contribution in [2.45, 2.75) is 53.0 Å². The van der Waals surface area contributed by atoms with Gasteiger partial charge in [0.2, 0.25) is 0 Å². The number of phenolic OH excluding ortho intramolecular Hbond substituents is 1. The van der Waals surface area contributed by atoms with Crippen molar-refractivity contribution in [3.63, 3.8) is 0 Å². The molecular weight excluding hydrogens is 246 g/mol. The number of fused-ring (bicyclic) bond motifs is 1. The maximum absolute atomic E-state index is 9.69. The number of benzene rings is 1. The fourth-order valence-electron chi connectivity index (χ4n) is 3.42.